The number of aliphatic carboxylic acids is 1. The van der Waals surface area contributed by atoms with Crippen LogP contribution in [0.3, 0.4) is 0 Å². The van der Waals surface area contributed by atoms with E-state index in [2.05, 4.69) is 0 Å². The van der Waals surface area contributed by atoms with Crippen LogP contribution in [0.25, 0.3) is 0 Å². The van der Waals surface area contributed by atoms with E-state index in [1.54, 1.807) is 7.11 Å². The van der Waals surface area contributed by atoms with Crippen LogP contribution in [-0.2, 0) is 9.59 Å². The van der Waals surface area contributed by atoms with Gasteiger partial charge in [0.05, 0.1) is 13.0 Å². The second kappa shape index (κ2) is 7.19. The average Bonchev–Trinajstić information content (AvgIpc) is 2.38. The summed E-state index contributed by atoms with van der Waals surface area (Å²) in [5.74, 6) is -0.590. The van der Waals surface area contributed by atoms with Crippen LogP contribution in [0, 0.1) is 5.92 Å². The van der Waals surface area contributed by atoms with E-state index < -0.39 is 11.9 Å². The number of carbonyl (C=O) groups excluding carboxylic acids is 1. The first-order valence-corrected chi connectivity index (χ1v) is 6.94. The van der Waals surface area contributed by atoms with E-state index in [9.17, 15) is 14.7 Å². The lowest BCUT2D eigenvalue weighted by Crippen LogP contribution is -2.23. The molecule has 1 aromatic rings. The first-order chi connectivity index (χ1) is 8.95. The SMILES string of the molecule is COc1ccc([C@H](C)[C@@H](CSC(C)=O)C(=O)O)cc1. The fourth-order valence-corrected chi connectivity index (χ4v) is 2.62. The third-order valence-electron chi connectivity index (χ3n) is 3.03. The maximum atomic E-state index is 11.3. The third-order valence-corrected chi connectivity index (χ3v) is 3.96. The molecule has 1 N–H and O–H groups in total. The van der Waals surface area contributed by atoms with Crippen LogP contribution in [-0.4, -0.2) is 29.1 Å². The number of rotatable bonds is 6. The van der Waals surface area contributed by atoms with Gasteiger partial charge in [0.1, 0.15) is 5.75 Å². The Labute approximate surface area is 117 Å². The van der Waals surface area contributed by atoms with Gasteiger partial charge in [0, 0.05) is 12.7 Å². The van der Waals surface area contributed by atoms with E-state index in [-0.39, 0.29) is 16.8 Å². The molecule has 1 rings (SSSR count). The van der Waals surface area contributed by atoms with E-state index in [4.69, 9.17) is 4.74 Å². The number of benzene rings is 1. The molecule has 19 heavy (non-hydrogen) atoms. The molecule has 0 heterocycles. The van der Waals surface area contributed by atoms with Crippen LogP contribution in [0.2, 0.25) is 0 Å². The molecule has 0 spiro atoms. The molecule has 0 aromatic heterocycles. The fourth-order valence-electron chi connectivity index (χ4n) is 1.78. The summed E-state index contributed by atoms with van der Waals surface area (Å²) in [5, 5.41) is 9.21. The van der Waals surface area contributed by atoms with Crippen LogP contribution in [0.5, 0.6) is 5.75 Å². The van der Waals surface area contributed by atoms with Crippen molar-refractivity contribution in [2.24, 2.45) is 5.92 Å². The highest BCUT2D eigenvalue weighted by atomic mass is 32.2. The van der Waals surface area contributed by atoms with Crippen molar-refractivity contribution in [3.05, 3.63) is 29.8 Å². The molecule has 0 bridgehead atoms. The standard InChI is InChI=1S/C14H18O4S/c1-9(11-4-6-12(18-3)7-5-11)13(14(16)17)8-19-10(2)15/h4-7,9,13H,8H2,1-3H3,(H,16,17)/t9-,13+/m0/s1. The summed E-state index contributed by atoms with van der Waals surface area (Å²) in [4.78, 5) is 22.3. The van der Waals surface area contributed by atoms with Crippen LogP contribution < -0.4 is 4.74 Å². The molecule has 0 amide bonds. The quantitative estimate of drug-likeness (QED) is 0.869. The zero-order valence-electron chi connectivity index (χ0n) is 11.3. The molecule has 0 aliphatic rings. The van der Waals surface area contributed by atoms with Gasteiger partial charge in [-0.15, -0.1) is 0 Å². The number of methoxy groups -OCH3 is 1. The summed E-state index contributed by atoms with van der Waals surface area (Å²) < 4.78 is 5.07. The summed E-state index contributed by atoms with van der Waals surface area (Å²) in [7, 11) is 1.59. The Morgan fingerprint density at radius 2 is 1.89 bits per heavy atom. The molecule has 0 radical (unpaired) electrons. The lowest BCUT2D eigenvalue weighted by atomic mass is 9.89. The number of ether oxygens (including phenoxy) is 1. The van der Waals surface area contributed by atoms with Crippen molar-refractivity contribution < 1.29 is 19.4 Å². The normalized spacial score (nSPS) is 13.6. The van der Waals surface area contributed by atoms with E-state index in [0.29, 0.717) is 0 Å². The molecule has 0 unspecified atom stereocenters. The van der Waals surface area contributed by atoms with Gasteiger partial charge in [-0.25, -0.2) is 0 Å². The monoisotopic (exact) mass is 282 g/mol. The van der Waals surface area contributed by atoms with E-state index in [1.165, 1.54) is 6.92 Å². The molecule has 104 valence electrons. The number of thioether (sulfide) groups is 1. The van der Waals surface area contributed by atoms with Gasteiger partial charge >= 0.3 is 5.97 Å². The fraction of sp³-hybridized carbons (Fsp3) is 0.429. The summed E-state index contributed by atoms with van der Waals surface area (Å²) in [6.45, 7) is 3.31. The summed E-state index contributed by atoms with van der Waals surface area (Å²) >= 11 is 1.05. The summed E-state index contributed by atoms with van der Waals surface area (Å²) in [6, 6.07) is 7.33. The van der Waals surface area contributed by atoms with Gasteiger partial charge in [0.25, 0.3) is 0 Å². The van der Waals surface area contributed by atoms with Gasteiger partial charge in [0.2, 0.25) is 0 Å². The Balaban J connectivity index is 2.82. The second-order valence-electron chi connectivity index (χ2n) is 4.31. The minimum Gasteiger partial charge on any atom is -0.497 e. The molecule has 5 heteroatoms. The van der Waals surface area contributed by atoms with Crippen LogP contribution in [0.1, 0.15) is 25.3 Å². The number of carboxylic acids is 1. The molecule has 4 nitrogen and oxygen atoms in total. The van der Waals surface area contributed by atoms with Gasteiger partial charge in [-0.1, -0.05) is 30.8 Å². The largest absolute Gasteiger partial charge is 0.497 e. The van der Waals surface area contributed by atoms with Crippen molar-refractivity contribution in [2.75, 3.05) is 12.9 Å². The Hall–Kier alpha value is -1.49. The minimum absolute atomic E-state index is 0.0619. The predicted molar refractivity (Wildman–Crippen MR) is 75.7 cm³/mol. The summed E-state index contributed by atoms with van der Waals surface area (Å²) in [6.07, 6.45) is 0. The molecule has 0 aliphatic carbocycles. The lowest BCUT2D eigenvalue weighted by molar-refractivity contribution is -0.141. The predicted octanol–water partition coefficient (Wildman–Crippen LogP) is 2.78. The Bertz CT molecular complexity index is 441. The number of carboxylic acid groups (broad SMARTS) is 1. The highest BCUT2D eigenvalue weighted by molar-refractivity contribution is 8.13. The van der Waals surface area contributed by atoms with Crippen LogP contribution in [0.15, 0.2) is 24.3 Å². The topological polar surface area (TPSA) is 63.6 Å². The second-order valence-corrected chi connectivity index (χ2v) is 5.51. The highest BCUT2D eigenvalue weighted by Crippen LogP contribution is 2.29. The Kier molecular flexibility index (Phi) is 5.89. The maximum absolute atomic E-state index is 11.3. The first kappa shape index (κ1) is 15.6. The van der Waals surface area contributed by atoms with Crippen molar-refractivity contribution in [1.82, 2.24) is 0 Å². The van der Waals surface area contributed by atoms with Gasteiger partial charge in [-0.3, -0.25) is 9.59 Å². The molecule has 2 atom stereocenters. The van der Waals surface area contributed by atoms with Crippen molar-refractivity contribution >= 4 is 22.8 Å². The van der Waals surface area contributed by atoms with Crippen molar-refractivity contribution in [3.8, 4) is 5.75 Å². The van der Waals surface area contributed by atoms with E-state index in [0.717, 1.165) is 23.1 Å². The zero-order chi connectivity index (χ0) is 14.4. The van der Waals surface area contributed by atoms with Crippen molar-refractivity contribution in [1.29, 1.82) is 0 Å². The minimum atomic E-state index is -0.878. The Morgan fingerprint density at radius 3 is 2.32 bits per heavy atom. The third kappa shape index (κ3) is 4.59. The van der Waals surface area contributed by atoms with Crippen molar-refractivity contribution in [3.63, 3.8) is 0 Å². The molecular formula is C14H18O4S. The number of hydrogen-bond acceptors (Lipinski definition) is 4. The zero-order valence-corrected chi connectivity index (χ0v) is 12.1. The van der Waals surface area contributed by atoms with Gasteiger partial charge in [0.15, 0.2) is 5.12 Å². The van der Waals surface area contributed by atoms with E-state index >= 15 is 0 Å². The number of carbonyl (C=O) groups is 2. The highest BCUT2D eigenvalue weighted by Gasteiger charge is 2.26. The smallest absolute Gasteiger partial charge is 0.307 e. The molecule has 0 aliphatic heterocycles. The average molecular weight is 282 g/mol. The lowest BCUT2D eigenvalue weighted by Gasteiger charge is -2.20. The Morgan fingerprint density at radius 1 is 1.32 bits per heavy atom. The molecule has 1 aromatic carbocycles. The molecule has 0 saturated carbocycles. The van der Waals surface area contributed by atoms with Gasteiger partial charge < -0.3 is 9.84 Å². The maximum Gasteiger partial charge on any atom is 0.307 e. The van der Waals surface area contributed by atoms with Gasteiger partial charge in [-0.05, 0) is 23.6 Å². The number of hydrogen-bond donors (Lipinski definition) is 1. The van der Waals surface area contributed by atoms with Crippen molar-refractivity contribution in [2.45, 2.75) is 19.8 Å². The van der Waals surface area contributed by atoms with E-state index in [1.807, 2.05) is 31.2 Å². The molecule has 0 saturated heterocycles. The molecular weight excluding hydrogens is 264 g/mol. The molecule has 0 fully saturated rings. The van der Waals surface area contributed by atoms with Crippen LogP contribution in [0.4, 0.5) is 0 Å². The first-order valence-electron chi connectivity index (χ1n) is 5.95. The van der Waals surface area contributed by atoms with Gasteiger partial charge in [-0.2, -0.15) is 0 Å². The van der Waals surface area contributed by atoms with Crippen LogP contribution >= 0.6 is 11.8 Å². The summed E-state index contributed by atoms with van der Waals surface area (Å²) in [5.41, 5.74) is 0.928.